The molecule has 10 rings (SSSR count). The Morgan fingerprint density at radius 2 is 1.13 bits per heavy atom. The van der Waals surface area contributed by atoms with Crippen LogP contribution in [-0.4, -0.2) is 9.13 Å². The van der Waals surface area contributed by atoms with E-state index in [1.807, 2.05) is 11.3 Å². The fraction of sp³-hybridized carbons (Fsp3) is 0.0476. The molecule has 1 unspecified atom stereocenters. The number of rotatable bonds is 3. The SMILES string of the molecule is C1=CC(c2cc3sc4ccccc4c3c3c2c2ccccc2n3-c2ccccc2)Cc2c1n(-c1ccccc1)c1ccccc21. The Bertz CT molecular complexity index is 2620. The summed E-state index contributed by atoms with van der Waals surface area (Å²) in [4.78, 5) is 0. The maximum atomic E-state index is 2.51. The van der Waals surface area contributed by atoms with Crippen LogP contribution in [0.2, 0.25) is 0 Å². The highest BCUT2D eigenvalue weighted by Gasteiger charge is 2.28. The van der Waals surface area contributed by atoms with E-state index in [1.54, 1.807) is 0 Å². The minimum atomic E-state index is 0.250. The number of para-hydroxylation sites is 4. The molecule has 0 saturated heterocycles. The second kappa shape index (κ2) is 9.56. The van der Waals surface area contributed by atoms with E-state index in [1.165, 1.54) is 81.1 Å². The fourth-order valence-corrected chi connectivity index (χ4v) is 8.97. The molecule has 3 aromatic heterocycles. The normalized spacial score (nSPS) is 14.7. The molecule has 0 N–H and O–H groups in total. The summed E-state index contributed by atoms with van der Waals surface area (Å²) in [5, 5.41) is 6.72. The highest BCUT2D eigenvalue weighted by molar-refractivity contribution is 7.26. The summed E-state index contributed by atoms with van der Waals surface area (Å²) in [6.45, 7) is 0. The van der Waals surface area contributed by atoms with E-state index >= 15 is 0 Å². The number of nitrogens with zero attached hydrogens (tertiary/aromatic N) is 2. The van der Waals surface area contributed by atoms with Crippen molar-refractivity contribution in [1.29, 1.82) is 0 Å². The summed E-state index contributed by atoms with van der Waals surface area (Å²) >= 11 is 1.92. The van der Waals surface area contributed by atoms with Gasteiger partial charge in [0.15, 0.2) is 0 Å². The number of aromatic nitrogens is 2. The van der Waals surface area contributed by atoms with E-state index in [9.17, 15) is 0 Å². The van der Waals surface area contributed by atoms with Gasteiger partial charge >= 0.3 is 0 Å². The maximum absolute atomic E-state index is 2.51. The van der Waals surface area contributed by atoms with Gasteiger partial charge in [0, 0.05) is 59.3 Å². The Morgan fingerprint density at radius 3 is 1.89 bits per heavy atom. The summed E-state index contributed by atoms with van der Waals surface area (Å²) in [5.74, 6) is 0.250. The van der Waals surface area contributed by atoms with Gasteiger partial charge < -0.3 is 9.13 Å². The fourth-order valence-electron chi connectivity index (χ4n) is 7.81. The van der Waals surface area contributed by atoms with Crippen LogP contribution >= 0.6 is 11.3 Å². The van der Waals surface area contributed by atoms with Crippen LogP contribution in [0.15, 0.2) is 146 Å². The Balaban J connectivity index is 1.29. The minimum absolute atomic E-state index is 0.250. The molecule has 45 heavy (non-hydrogen) atoms. The third kappa shape index (κ3) is 3.56. The van der Waals surface area contributed by atoms with Gasteiger partial charge in [-0.3, -0.25) is 0 Å². The molecule has 212 valence electrons. The van der Waals surface area contributed by atoms with Crippen molar-refractivity contribution in [2.45, 2.75) is 12.3 Å². The number of fused-ring (bicyclic) bond motifs is 10. The molecule has 1 aliphatic rings. The standard InChI is InChI=1S/C42H28N2S/c1-3-13-28(14-4-1)43-35-20-10-7-17-30(35)34-25-27(23-24-37(34)43)33-26-39-41(32-19-9-12-22-38(32)45-39)42-40(33)31-18-8-11-21-36(31)44(42)29-15-5-2-6-16-29/h1-24,26-27H,25H2. The average molecular weight is 593 g/mol. The topological polar surface area (TPSA) is 9.86 Å². The minimum Gasteiger partial charge on any atom is -0.310 e. The summed E-state index contributed by atoms with van der Waals surface area (Å²) in [6, 6.07) is 51.0. The van der Waals surface area contributed by atoms with Gasteiger partial charge in [0.2, 0.25) is 0 Å². The molecule has 0 aliphatic heterocycles. The molecule has 3 heteroatoms. The van der Waals surface area contributed by atoms with Gasteiger partial charge in [-0.1, -0.05) is 97.1 Å². The van der Waals surface area contributed by atoms with Crippen LogP contribution in [0.4, 0.5) is 0 Å². The van der Waals surface area contributed by atoms with Crippen LogP contribution in [0.1, 0.15) is 22.7 Å². The third-order valence-corrected chi connectivity index (χ3v) is 10.8. The molecular formula is C42H28N2S. The van der Waals surface area contributed by atoms with Gasteiger partial charge in [0.1, 0.15) is 0 Å². The number of allylic oxidation sites excluding steroid dienone is 1. The number of benzene rings is 6. The predicted molar refractivity (Wildman–Crippen MR) is 192 cm³/mol. The molecule has 6 aromatic carbocycles. The van der Waals surface area contributed by atoms with Gasteiger partial charge in [-0.25, -0.2) is 0 Å². The molecule has 0 bridgehead atoms. The Labute approximate surface area is 264 Å². The Kier molecular flexibility index (Phi) is 5.31. The summed E-state index contributed by atoms with van der Waals surface area (Å²) in [7, 11) is 0. The van der Waals surface area contributed by atoms with E-state index in [2.05, 4.69) is 161 Å². The molecule has 0 spiro atoms. The molecule has 2 nitrogen and oxygen atoms in total. The molecule has 9 aromatic rings. The van der Waals surface area contributed by atoms with Gasteiger partial charge in [-0.05, 0) is 72.2 Å². The van der Waals surface area contributed by atoms with Crippen LogP contribution in [0.3, 0.4) is 0 Å². The second-order valence-electron chi connectivity index (χ2n) is 12.1. The van der Waals surface area contributed by atoms with Crippen molar-refractivity contribution in [3.8, 4) is 11.4 Å². The number of hydrogen-bond acceptors (Lipinski definition) is 1. The van der Waals surface area contributed by atoms with E-state index in [0.29, 0.717) is 0 Å². The van der Waals surface area contributed by atoms with Crippen molar-refractivity contribution in [2.24, 2.45) is 0 Å². The van der Waals surface area contributed by atoms with E-state index in [4.69, 9.17) is 0 Å². The van der Waals surface area contributed by atoms with E-state index in [-0.39, 0.29) is 5.92 Å². The van der Waals surface area contributed by atoms with Crippen molar-refractivity contribution in [2.75, 3.05) is 0 Å². The highest BCUT2D eigenvalue weighted by atomic mass is 32.1. The molecule has 0 amide bonds. The van der Waals surface area contributed by atoms with Crippen LogP contribution in [-0.2, 0) is 6.42 Å². The third-order valence-electron chi connectivity index (χ3n) is 9.67. The average Bonchev–Trinajstić information content (AvgIpc) is 3.76. The molecule has 3 heterocycles. The number of thiophene rings is 1. The maximum Gasteiger partial charge on any atom is 0.0637 e. The van der Waals surface area contributed by atoms with E-state index < -0.39 is 0 Å². The first kappa shape index (κ1) is 25.0. The van der Waals surface area contributed by atoms with Gasteiger partial charge in [0.25, 0.3) is 0 Å². The first-order valence-electron chi connectivity index (χ1n) is 15.6. The second-order valence-corrected chi connectivity index (χ2v) is 13.2. The summed E-state index contributed by atoms with van der Waals surface area (Å²) in [6.07, 6.45) is 5.81. The Hall–Kier alpha value is -5.38. The zero-order valence-corrected chi connectivity index (χ0v) is 25.3. The number of hydrogen-bond donors (Lipinski definition) is 0. The molecule has 0 fully saturated rings. The zero-order chi connectivity index (χ0) is 29.5. The molecular weight excluding hydrogens is 565 g/mol. The van der Waals surface area contributed by atoms with Crippen molar-refractivity contribution in [3.05, 3.63) is 162 Å². The van der Waals surface area contributed by atoms with Gasteiger partial charge in [0.05, 0.1) is 16.6 Å². The lowest BCUT2D eigenvalue weighted by Gasteiger charge is -2.21. The quantitative estimate of drug-likeness (QED) is 0.193. The predicted octanol–water partition coefficient (Wildman–Crippen LogP) is 11.4. The van der Waals surface area contributed by atoms with Crippen molar-refractivity contribution >= 4 is 70.3 Å². The lowest BCUT2D eigenvalue weighted by molar-refractivity contribution is 0.834. The summed E-state index contributed by atoms with van der Waals surface area (Å²) < 4.78 is 7.63. The molecule has 0 saturated carbocycles. The van der Waals surface area contributed by atoms with Gasteiger partial charge in [-0.2, -0.15) is 0 Å². The zero-order valence-electron chi connectivity index (χ0n) is 24.5. The largest absolute Gasteiger partial charge is 0.310 e. The van der Waals surface area contributed by atoms with Gasteiger partial charge in [-0.15, -0.1) is 11.3 Å². The van der Waals surface area contributed by atoms with Crippen LogP contribution in [0, 0.1) is 0 Å². The van der Waals surface area contributed by atoms with Crippen LogP contribution in [0.5, 0.6) is 0 Å². The van der Waals surface area contributed by atoms with Crippen molar-refractivity contribution in [3.63, 3.8) is 0 Å². The van der Waals surface area contributed by atoms with Crippen molar-refractivity contribution in [1.82, 2.24) is 9.13 Å². The lowest BCUT2D eigenvalue weighted by atomic mass is 9.84. The smallest absolute Gasteiger partial charge is 0.0637 e. The van der Waals surface area contributed by atoms with E-state index in [0.717, 1.165) is 6.42 Å². The molecule has 1 atom stereocenters. The molecule has 1 aliphatic carbocycles. The van der Waals surface area contributed by atoms with Crippen LogP contribution in [0.25, 0.3) is 70.3 Å². The first-order chi connectivity index (χ1) is 22.3. The van der Waals surface area contributed by atoms with Crippen molar-refractivity contribution < 1.29 is 0 Å². The molecule has 0 radical (unpaired) electrons. The monoisotopic (exact) mass is 592 g/mol. The summed E-state index contributed by atoms with van der Waals surface area (Å²) in [5.41, 5.74) is 10.4. The highest BCUT2D eigenvalue weighted by Crippen LogP contribution is 2.48. The Morgan fingerprint density at radius 1 is 0.533 bits per heavy atom. The lowest BCUT2D eigenvalue weighted by Crippen LogP contribution is -2.08. The first-order valence-corrected chi connectivity index (χ1v) is 16.5. The van der Waals surface area contributed by atoms with Crippen LogP contribution < -0.4 is 0 Å².